The van der Waals surface area contributed by atoms with E-state index >= 15 is 0 Å². The van der Waals surface area contributed by atoms with Crippen molar-refractivity contribution in [1.82, 2.24) is 14.8 Å². The fraction of sp³-hybridized carbons (Fsp3) is 0.500. The quantitative estimate of drug-likeness (QED) is 0.817. The van der Waals surface area contributed by atoms with Gasteiger partial charge in [0.15, 0.2) is 0 Å². The summed E-state index contributed by atoms with van der Waals surface area (Å²) < 4.78 is 0. The average Bonchev–Trinajstić information content (AvgIpc) is 2.48. The standard InChI is InChI=1S/C14H18N4O/c1-12(13-3-6-16-7-4-13)17-8-10-18(11-9-17)14(19)2-5-15/h3-4,6-7,12H,2,8-11H2,1H3. The molecule has 1 aromatic rings. The number of carbonyl (C=O) groups is 1. The lowest BCUT2D eigenvalue weighted by atomic mass is 10.1. The molecule has 0 spiro atoms. The van der Waals surface area contributed by atoms with Crippen LogP contribution in [0.25, 0.3) is 0 Å². The Morgan fingerprint density at radius 1 is 1.37 bits per heavy atom. The van der Waals surface area contributed by atoms with Crippen LogP contribution in [-0.2, 0) is 4.79 Å². The molecule has 5 heteroatoms. The molecule has 2 heterocycles. The molecule has 1 amide bonds. The molecule has 1 aliphatic rings. The molecule has 2 rings (SSSR count). The Labute approximate surface area is 113 Å². The van der Waals surface area contributed by atoms with E-state index in [9.17, 15) is 4.79 Å². The molecule has 0 aliphatic carbocycles. The van der Waals surface area contributed by atoms with Gasteiger partial charge in [-0.05, 0) is 24.6 Å². The number of amides is 1. The summed E-state index contributed by atoms with van der Waals surface area (Å²) in [5.74, 6) is -0.0567. The maximum absolute atomic E-state index is 11.6. The zero-order chi connectivity index (χ0) is 13.7. The monoisotopic (exact) mass is 258 g/mol. The Morgan fingerprint density at radius 2 is 2.00 bits per heavy atom. The Balaban J connectivity index is 1.90. The fourth-order valence-electron chi connectivity index (χ4n) is 2.39. The van der Waals surface area contributed by atoms with Gasteiger partial charge in [-0.1, -0.05) is 0 Å². The van der Waals surface area contributed by atoms with Crippen LogP contribution in [-0.4, -0.2) is 46.9 Å². The first-order chi connectivity index (χ1) is 9.22. The van der Waals surface area contributed by atoms with Crippen molar-refractivity contribution in [3.63, 3.8) is 0 Å². The lowest BCUT2D eigenvalue weighted by Gasteiger charge is -2.38. The van der Waals surface area contributed by atoms with E-state index in [1.54, 1.807) is 17.3 Å². The fourth-order valence-corrected chi connectivity index (χ4v) is 2.39. The van der Waals surface area contributed by atoms with Crippen LogP contribution in [0, 0.1) is 11.3 Å². The predicted molar refractivity (Wildman–Crippen MR) is 71.0 cm³/mol. The molecule has 0 radical (unpaired) electrons. The predicted octanol–water partition coefficient (Wildman–Crippen LogP) is 1.20. The summed E-state index contributed by atoms with van der Waals surface area (Å²) in [7, 11) is 0. The number of aromatic nitrogens is 1. The van der Waals surface area contributed by atoms with E-state index in [4.69, 9.17) is 5.26 Å². The van der Waals surface area contributed by atoms with Crippen LogP contribution in [0.1, 0.15) is 24.9 Å². The maximum Gasteiger partial charge on any atom is 0.236 e. The Hall–Kier alpha value is -1.93. The van der Waals surface area contributed by atoms with Gasteiger partial charge in [-0.2, -0.15) is 5.26 Å². The number of hydrogen-bond donors (Lipinski definition) is 0. The Bertz CT molecular complexity index is 460. The van der Waals surface area contributed by atoms with Crippen molar-refractivity contribution in [2.75, 3.05) is 26.2 Å². The number of rotatable bonds is 3. The number of carbonyl (C=O) groups excluding carboxylic acids is 1. The van der Waals surface area contributed by atoms with Gasteiger partial charge in [-0.25, -0.2) is 0 Å². The van der Waals surface area contributed by atoms with Crippen molar-refractivity contribution in [2.24, 2.45) is 0 Å². The topological polar surface area (TPSA) is 60.2 Å². The molecule has 1 fully saturated rings. The van der Waals surface area contributed by atoms with Gasteiger partial charge in [0.25, 0.3) is 0 Å². The Kier molecular flexibility index (Phi) is 4.48. The lowest BCUT2D eigenvalue weighted by molar-refractivity contribution is -0.132. The number of piperazine rings is 1. The van der Waals surface area contributed by atoms with Crippen LogP contribution < -0.4 is 0 Å². The summed E-state index contributed by atoms with van der Waals surface area (Å²) >= 11 is 0. The first-order valence-electron chi connectivity index (χ1n) is 6.51. The second-order valence-corrected chi connectivity index (χ2v) is 4.71. The van der Waals surface area contributed by atoms with Gasteiger partial charge in [0.2, 0.25) is 5.91 Å². The number of pyridine rings is 1. The van der Waals surface area contributed by atoms with Crippen molar-refractivity contribution in [3.05, 3.63) is 30.1 Å². The first-order valence-corrected chi connectivity index (χ1v) is 6.51. The third kappa shape index (κ3) is 3.30. The van der Waals surface area contributed by atoms with Crippen LogP contribution in [0.3, 0.4) is 0 Å². The highest BCUT2D eigenvalue weighted by Crippen LogP contribution is 2.20. The molecule has 100 valence electrons. The van der Waals surface area contributed by atoms with E-state index < -0.39 is 0 Å². The molecular formula is C14H18N4O. The van der Waals surface area contributed by atoms with Crippen molar-refractivity contribution >= 4 is 5.91 Å². The van der Waals surface area contributed by atoms with E-state index in [1.165, 1.54) is 5.56 Å². The molecule has 1 atom stereocenters. The largest absolute Gasteiger partial charge is 0.339 e. The molecule has 1 aromatic heterocycles. The lowest BCUT2D eigenvalue weighted by Crippen LogP contribution is -2.49. The second-order valence-electron chi connectivity index (χ2n) is 4.71. The van der Waals surface area contributed by atoms with Gasteiger partial charge in [-0.15, -0.1) is 0 Å². The third-order valence-corrected chi connectivity index (χ3v) is 3.63. The van der Waals surface area contributed by atoms with Gasteiger partial charge < -0.3 is 4.90 Å². The molecule has 1 unspecified atom stereocenters. The summed E-state index contributed by atoms with van der Waals surface area (Å²) in [6.07, 6.45) is 3.59. The van der Waals surface area contributed by atoms with Crippen LogP contribution in [0.2, 0.25) is 0 Å². The van der Waals surface area contributed by atoms with Gasteiger partial charge in [0.05, 0.1) is 6.07 Å². The van der Waals surface area contributed by atoms with E-state index in [2.05, 4.69) is 16.8 Å². The average molecular weight is 258 g/mol. The van der Waals surface area contributed by atoms with Gasteiger partial charge in [0, 0.05) is 44.6 Å². The van der Waals surface area contributed by atoms with E-state index in [0.29, 0.717) is 19.1 Å². The molecule has 1 saturated heterocycles. The van der Waals surface area contributed by atoms with Crippen LogP contribution in [0.15, 0.2) is 24.5 Å². The molecule has 0 N–H and O–H groups in total. The molecule has 1 aliphatic heterocycles. The van der Waals surface area contributed by atoms with Crippen molar-refractivity contribution < 1.29 is 4.79 Å². The SMILES string of the molecule is CC(c1ccncc1)N1CCN(C(=O)CC#N)CC1. The highest BCUT2D eigenvalue weighted by molar-refractivity contribution is 5.78. The van der Waals surface area contributed by atoms with Gasteiger partial charge in [-0.3, -0.25) is 14.7 Å². The molecular weight excluding hydrogens is 240 g/mol. The normalized spacial score (nSPS) is 17.8. The van der Waals surface area contributed by atoms with Crippen LogP contribution in [0.5, 0.6) is 0 Å². The Morgan fingerprint density at radius 3 is 2.58 bits per heavy atom. The number of nitriles is 1. The summed E-state index contributed by atoms with van der Waals surface area (Å²) in [5, 5.41) is 8.54. The first kappa shape index (κ1) is 13.5. The van der Waals surface area contributed by atoms with Gasteiger partial charge in [0.1, 0.15) is 6.42 Å². The molecule has 19 heavy (non-hydrogen) atoms. The zero-order valence-electron chi connectivity index (χ0n) is 11.1. The highest BCUT2D eigenvalue weighted by Gasteiger charge is 2.24. The summed E-state index contributed by atoms with van der Waals surface area (Å²) in [6.45, 7) is 5.27. The van der Waals surface area contributed by atoms with E-state index in [0.717, 1.165) is 13.1 Å². The number of hydrogen-bond acceptors (Lipinski definition) is 4. The third-order valence-electron chi connectivity index (χ3n) is 3.63. The molecule has 5 nitrogen and oxygen atoms in total. The maximum atomic E-state index is 11.6. The van der Waals surface area contributed by atoms with Crippen LogP contribution in [0.4, 0.5) is 0 Å². The zero-order valence-corrected chi connectivity index (χ0v) is 11.1. The summed E-state index contributed by atoms with van der Waals surface area (Å²) in [4.78, 5) is 19.8. The molecule has 0 bridgehead atoms. The minimum absolute atomic E-state index is 0.0140. The van der Waals surface area contributed by atoms with Crippen molar-refractivity contribution in [2.45, 2.75) is 19.4 Å². The van der Waals surface area contributed by atoms with E-state index in [1.807, 2.05) is 18.2 Å². The minimum Gasteiger partial charge on any atom is -0.339 e. The van der Waals surface area contributed by atoms with Crippen molar-refractivity contribution in [1.29, 1.82) is 5.26 Å². The smallest absolute Gasteiger partial charge is 0.236 e. The van der Waals surface area contributed by atoms with Crippen molar-refractivity contribution in [3.8, 4) is 6.07 Å². The van der Waals surface area contributed by atoms with Crippen LogP contribution >= 0.6 is 0 Å². The van der Waals surface area contributed by atoms with Gasteiger partial charge >= 0.3 is 0 Å². The second kappa shape index (κ2) is 6.30. The minimum atomic E-state index is -0.0567. The summed E-state index contributed by atoms with van der Waals surface area (Å²) in [6, 6.07) is 6.29. The highest BCUT2D eigenvalue weighted by atomic mass is 16.2. The summed E-state index contributed by atoms with van der Waals surface area (Å²) in [5.41, 5.74) is 1.24. The molecule has 0 aromatic carbocycles. The molecule has 0 saturated carbocycles. The number of nitrogens with zero attached hydrogens (tertiary/aromatic N) is 4. The van der Waals surface area contributed by atoms with E-state index in [-0.39, 0.29) is 12.3 Å².